The van der Waals surface area contributed by atoms with E-state index in [0.29, 0.717) is 5.02 Å². The molecule has 0 saturated heterocycles. The maximum Gasteiger partial charge on any atom is 0.314 e. The van der Waals surface area contributed by atoms with Gasteiger partial charge in [0.2, 0.25) is 0 Å². The fourth-order valence-electron chi connectivity index (χ4n) is 2.63. The molecule has 2 nitrogen and oxygen atoms in total. The van der Waals surface area contributed by atoms with Crippen molar-refractivity contribution in [3.63, 3.8) is 0 Å². The summed E-state index contributed by atoms with van der Waals surface area (Å²) in [7, 11) is 0. The number of halogens is 1. The van der Waals surface area contributed by atoms with E-state index in [1.54, 1.807) is 11.8 Å². The van der Waals surface area contributed by atoms with Gasteiger partial charge >= 0.3 is 5.97 Å². The zero-order valence-corrected chi connectivity index (χ0v) is 11.3. The maximum absolute atomic E-state index is 11.7. The smallest absolute Gasteiger partial charge is 0.314 e. The molecule has 4 heteroatoms. The quantitative estimate of drug-likeness (QED) is 0.845. The fraction of sp³-hybridized carbons (Fsp3) is 0.462. The van der Waals surface area contributed by atoms with Crippen LogP contribution in [0.5, 0.6) is 0 Å². The van der Waals surface area contributed by atoms with Crippen LogP contribution >= 0.6 is 23.4 Å². The molecule has 0 amide bonds. The Hall–Kier alpha value is -0.670. The van der Waals surface area contributed by atoms with Crippen molar-refractivity contribution < 1.29 is 9.90 Å². The van der Waals surface area contributed by atoms with Crippen LogP contribution in [0.1, 0.15) is 31.2 Å². The van der Waals surface area contributed by atoms with Crippen molar-refractivity contribution >= 4 is 29.3 Å². The second kappa shape index (κ2) is 4.91. The highest BCUT2D eigenvalue weighted by Crippen LogP contribution is 2.45. The van der Waals surface area contributed by atoms with Crippen molar-refractivity contribution in [2.45, 2.75) is 36.0 Å². The summed E-state index contributed by atoms with van der Waals surface area (Å²) in [6, 6.07) is 5.57. The van der Waals surface area contributed by atoms with Gasteiger partial charge in [0.15, 0.2) is 0 Å². The summed E-state index contributed by atoms with van der Waals surface area (Å²) < 4.78 is 0. The van der Waals surface area contributed by atoms with Gasteiger partial charge in [-0.25, -0.2) is 0 Å². The third-order valence-corrected chi connectivity index (χ3v) is 4.57. The molecule has 1 N–H and O–H groups in total. The number of carboxylic acids is 1. The molecule has 92 valence electrons. The van der Waals surface area contributed by atoms with Crippen LogP contribution in [0.2, 0.25) is 5.02 Å². The van der Waals surface area contributed by atoms with Crippen molar-refractivity contribution in [2.24, 2.45) is 0 Å². The first-order chi connectivity index (χ1) is 8.10. The lowest BCUT2D eigenvalue weighted by Gasteiger charge is -2.26. The molecule has 0 spiro atoms. The summed E-state index contributed by atoms with van der Waals surface area (Å²) >= 11 is 7.60. The Balaban J connectivity index is 2.56. The van der Waals surface area contributed by atoms with Crippen molar-refractivity contribution in [1.29, 1.82) is 0 Å². The molecule has 0 atom stereocenters. The highest BCUT2D eigenvalue weighted by Gasteiger charge is 2.44. The maximum atomic E-state index is 11.7. The Labute approximate surface area is 110 Å². The second-order valence-corrected chi connectivity index (χ2v) is 5.72. The number of benzene rings is 1. The van der Waals surface area contributed by atoms with Crippen molar-refractivity contribution in [3.8, 4) is 0 Å². The zero-order chi connectivity index (χ0) is 12.5. The summed E-state index contributed by atoms with van der Waals surface area (Å²) in [4.78, 5) is 12.7. The minimum atomic E-state index is -0.719. The Morgan fingerprint density at radius 1 is 1.41 bits per heavy atom. The van der Waals surface area contributed by atoms with E-state index < -0.39 is 11.4 Å². The van der Waals surface area contributed by atoms with Crippen LogP contribution in [-0.4, -0.2) is 17.3 Å². The molecule has 1 aliphatic carbocycles. The van der Waals surface area contributed by atoms with Gasteiger partial charge in [-0.2, -0.15) is 0 Å². The summed E-state index contributed by atoms with van der Waals surface area (Å²) in [5.74, 6) is -0.715. The predicted octanol–water partition coefficient (Wildman–Crippen LogP) is 3.96. The summed E-state index contributed by atoms with van der Waals surface area (Å²) in [5.41, 5.74) is 0.172. The van der Waals surface area contributed by atoms with Gasteiger partial charge in [-0.1, -0.05) is 24.4 Å². The average Bonchev–Trinajstić information content (AvgIpc) is 2.79. The summed E-state index contributed by atoms with van der Waals surface area (Å²) in [5, 5.41) is 10.2. The van der Waals surface area contributed by atoms with Crippen molar-refractivity contribution in [3.05, 3.63) is 28.8 Å². The lowest BCUT2D eigenvalue weighted by atomic mass is 9.79. The number of carbonyl (C=O) groups is 1. The van der Waals surface area contributed by atoms with E-state index in [4.69, 9.17) is 11.6 Å². The molecule has 0 bridgehead atoms. The fourth-order valence-corrected chi connectivity index (χ4v) is 3.48. The number of carboxylic acid groups (broad SMARTS) is 1. The standard InChI is InChI=1S/C13H15ClO2S/c1-17-11-5-4-9(14)8-10(11)13(12(15)16)6-2-3-7-13/h4-5,8H,2-3,6-7H2,1H3,(H,15,16). The molecule has 17 heavy (non-hydrogen) atoms. The topological polar surface area (TPSA) is 37.3 Å². The van der Waals surface area contributed by atoms with E-state index in [1.807, 2.05) is 24.5 Å². The van der Waals surface area contributed by atoms with Crippen LogP contribution in [0, 0.1) is 0 Å². The first kappa shape index (κ1) is 12.8. The number of hydrogen-bond donors (Lipinski definition) is 1. The van der Waals surface area contributed by atoms with E-state index in [-0.39, 0.29) is 0 Å². The first-order valence-electron chi connectivity index (χ1n) is 5.67. The second-order valence-electron chi connectivity index (χ2n) is 4.44. The van der Waals surface area contributed by atoms with Crippen LogP contribution in [-0.2, 0) is 10.2 Å². The summed E-state index contributed by atoms with van der Waals surface area (Å²) in [6.07, 6.45) is 5.36. The van der Waals surface area contributed by atoms with Crippen LogP contribution in [0.15, 0.2) is 23.1 Å². The zero-order valence-electron chi connectivity index (χ0n) is 9.70. The van der Waals surface area contributed by atoms with Crippen LogP contribution < -0.4 is 0 Å². The molecular formula is C13H15ClO2S. The van der Waals surface area contributed by atoms with Gasteiger partial charge in [0.05, 0.1) is 5.41 Å². The molecule has 1 aromatic carbocycles. The number of thioether (sulfide) groups is 1. The molecular weight excluding hydrogens is 256 g/mol. The highest BCUT2D eigenvalue weighted by atomic mass is 35.5. The lowest BCUT2D eigenvalue weighted by Crippen LogP contribution is -2.33. The molecule has 1 saturated carbocycles. The number of rotatable bonds is 3. The Morgan fingerprint density at radius 3 is 2.59 bits per heavy atom. The molecule has 0 aliphatic heterocycles. The van der Waals surface area contributed by atoms with E-state index in [9.17, 15) is 9.90 Å². The van der Waals surface area contributed by atoms with Crippen LogP contribution in [0.4, 0.5) is 0 Å². The third kappa shape index (κ3) is 2.18. The van der Waals surface area contributed by atoms with E-state index in [2.05, 4.69) is 0 Å². The minimum Gasteiger partial charge on any atom is -0.481 e. The third-order valence-electron chi connectivity index (χ3n) is 3.54. The van der Waals surface area contributed by atoms with Gasteiger partial charge in [-0.15, -0.1) is 11.8 Å². The van der Waals surface area contributed by atoms with Crippen LogP contribution in [0.25, 0.3) is 0 Å². The minimum absolute atomic E-state index is 0.616. The number of hydrogen-bond acceptors (Lipinski definition) is 2. The average molecular weight is 271 g/mol. The van der Waals surface area contributed by atoms with Gasteiger partial charge in [0, 0.05) is 9.92 Å². The molecule has 1 aliphatic rings. The molecule has 0 radical (unpaired) electrons. The molecule has 1 aromatic rings. The van der Waals surface area contributed by atoms with Crippen LogP contribution in [0.3, 0.4) is 0 Å². The Morgan fingerprint density at radius 2 is 2.06 bits per heavy atom. The highest BCUT2D eigenvalue weighted by molar-refractivity contribution is 7.98. The van der Waals surface area contributed by atoms with Crippen molar-refractivity contribution in [1.82, 2.24) is 0 Å². The van der Waals surface area contributed by atoms with E-state index in [0.717, 1.165) is 36.1 Å². The van der Waals surface area contributed by atoms with Gasteiger partial charge in [-0.3, -0.25) is 4.79 Å². The Bertz CT molecular complexity index is 439. The van der Waals surface area contributed by atoms with E-state index in [1.165, 1.54) is 0 Å². The van der Waals surface area contributed by atoms with Gasteiger partial charge in [0.25, 0.3) is 0 Å². The van der Waals surface area contributed by atoms with Gasteiger partial charge < -0.3 is 5.11 Å². The monoisotopic (exact) mass is 270 g/mol. The summed E-state index contributed by atoms with van der Waals surface area (Å²) in [6.45, 7) is 0. The normalized spacial score (nSPS) is 18.2. The lowest BCUT2D eigenvalue weighted by molar-refractivity contribution is -0.143. The van der Waals surface area contributed by atoms with Crippen molar-refractivity contribution in [2.75, 3.05) is 6.26 Å². The largest absolute Gasteiger partial charge is 0.481 e. The SMILES string of the molecule is CSc1ccc(Cl)cc1C1(C(=O)O)CCCC1. The van der Waals surface area contributed by atoms with Gasteiger partial charge in [-0.05, 0) is 42.9 Å². The first-order valence-corrected chi connectivity index (χ1v) is 7.28. The molecule has 2 rings (SSSR count). The molecule has 1 fully saturated rings. The predicted molar refractivity (Wildman–Crippen MR) is 71.0 cm³/mol. The molecule has 0 aromatic heterocycles. The molecule has 0 heterocycles. The molecule has 0 unspecified atom stereocenters. The number of aliphatic carboxylic acids is 1. The Kier molecular flexibility index (Phi) is 3.69. The van der Waals surface area contributed by atoms with Gasteiger partial charge in [0.1, 0.15) is 0 Å². The van der Waals surface area contributed by atoms with E-state index >= 15 is 0 Å².